The Kier molecular flexibility index (Phi) is 5.76. The molecule has 3 aromatic rings. The van der Waals surface area contributed by atoms with E-state index in [4.69, 9.17) is 16.3 Å². The Bertz CT molecular complexity index is 922. The van der Waals surface area contributed by atoms with Crippen molar-refractivity contribution >= 4 is 34.0 Å². The maximum atomic E-state index is 12.4. The molecule has 1 amide bonds. The summed E-state index contributed by atoms with van der Waals surface area (Å²) in [6.45, 7) is 2.41. The number of quaternary nitrogens is 1. The molecular weight excluding hydrogens is 348 g/mol. The van der Waals surface area contributed by atoms with Crippen molar-refractivity contribution in [1.29, 1.82) is 0 Å². The fourth-order valence-electron chi connectivity index (χ4n) is 3.04. The van der Waals surface area contributed by atoms with Crippen molar-refractivity contribution in [2.24, 2.45) is 0 Å². The molecule has 0 unspecified atom stereocenters. The lowest BCUT2D eigenvalue weighted by atomic mass is 10.00. The molecule has 5 heteroatoms. The van der Waals surface area contributed by atoms with E-state index in [-0.39, 0.29) is 11.9 Å². The molecule has 1 atom stereocenters. The van der Waals surface area contributed by atoms with Gasteiger partial charge in [-0.25, -0.2) is 0 Å². The number of nitrogens with two attached hydrogens (primary N) is 1. The van der Waals surface area contributed by atoms with Gasteiger partial charge in [0.2, 0.25) is 0 Å². The zero-order valence-corrected chi connectivity index (χ0v) is 15.6. The van der Waals surface area contributed by atoms with Gasteiger partial charge in [-0.05, 0) is 35.9 Å². The summed E-state index contributed by atoms with van der Waals surface area (Å²) in [5.41, 5.74) is 1.80. The third-order valence-electron chi connectivity index (χ3n) is 4.41. The maximum Gasteiger partial charge on any atom is 0.279 e. The first-order valence-corrected chi connectivity index (χ1v) is 8.90. The van der Waals surface area contributed by atoms with Crippen LogP contribution in [0.5, 0.6) is 5.75 Å². The first-order chi connectivity index (χ1) is 12.6. The number of rotatable bonds is 6. The molecule has 0 bridgehead atoms. The van der Waals surface area contributed by atoms with Crippen molar-refractivity contribution in [1.82, 2.24) is 0 Å². The highest BCUT2D eigenvalue weighted by atomic mass is 35.5. The number of benzene rings is 3. The zero-order valence-electron chi connectivity index (χ0n) is 14.8. The summed E-state index contributed by atoms with van der Waals surface area (Å²) in [5, 5.41) is 7.86. The second-order valence-corrected chi connectivity index (χ2v) is 6.63. The zero-order chi connectivity index (χ0) is 18.5. The van der Waals surface area contributed by atoms with Crippen LogP contribution in [0.25, 0.3) is 10.8 Å². The van der Waals surface area contributed by atoms with Crippen LogP contribution in [0.4, 0.5) is 5.69 Å². The fraction of sp³-hybridized carbons (Fsp3) is 0.190. The van der Waals surface area contributed by atoms with E-state index in [0.29, 0.717) is 23.0 Å². The highest BCUT2D eigenvalue weighted by Gasteiger charge is 2.15. The minimum Gasteiger partial charge on any atom is -0.495 e. The van der Waals surface area contributed by atoms with Crippen LogP contribution in [0.3, 0.4) is 0 Å². The summed E-state index contributed by atoms with van der Waals surface area (Å²) < 4.78 is 5.26. The average molecular weight is 370 g/mol. The predicted octanol–water partition coefficient (Wildman–Crippen LogP) is 3.76. The Labute approximate surface area is 158 Å². The van der Waals surface area contributed by atoms with Crippen molar-refractivity contribution in [2.75, 3.05) is 19.0 Å². The smallest absolute Gasteiger partial charge is 0.279 e. The van der Waals surface area contributed by atoms with Crippen LogP contribution in [-0.2, 0) is 4.79 Å². The Morgan fingerprint density at radius 1 is 1.15 bits per heavy atom. The molecule has 0 radical (unpaired) electrons. The second kappa shape index (κ2) is 8.21. The summed E-state index contributed by atoms with van der Waals surface area (Å²) in [6, 6.07) is 19.9. The molecule has 3 aromatic carbocycles. The molecule has 0 fully saturated rings. The molecule has 0 spiro atoms. The topological polar surface area (TPSA) is 54.9 Å². The van der Waals surface area contributed by atoms with Crippen LogP contribution in [-0.4, -0.2) is 19.6 Å². The molecule has 3 N–H and O–H groups in total. The van der Waals surface area contributed by atoms with Crippen molar-refractivity contribution in [3.63, 3.8) is 0 Å². The first kappa shape index (κ1) is 18.2. The SMILES string of the molecule is COc1ccc(Cl)cc1NC(=O)C[NH2+][C@H](C)c1cccc2ccccc12. The van der Waals surface area contributed by atoms with Crippen LogP contribution >= 0.6 is 11.6 Å². The van der Waals surface area contributed by atoms with Crippen LogP contribution in [0.2, 0.25) is 5.02 Å². The maximum absolute atomic E-state index is 12.4. The van der Waals surface area contributed by atoms with E-state index in [2.05, 4.69) is 42.6 Å². The van der Waals surface area contributed by atoms with Gasteiger partial charge in [-0.15, -0.1) is 0 Å². The van der Waals surface area contributed by atoms with Gasteiger partial charge in [-0.1, -0.05) is 54.1 Å². The molecule has 0 aliphatic heterocycles. The molecule has 0 saturated carbocycles. The number of amides is 1. The van der Waals surface area contributed by atoms with Crippen LogP contribution in [0.1, 0.15) is 18.5 Å². The lowest BCUT2D eigenvalue weighted by Crippen LogP contribution is -2.86. The molecule has 4 nitrogen and oxygen atoms in total. The summed E-state index contributed by atoms with van der Waals surface area (Å²) in [4.78, 5) is 12.4. The average Bonchev–Trinajstić information content (AvgIpc) is 2.66. The van der Waals surface area contributed by atoms with Crippen molar-refractivity contribution in [3.8, 4) is 5.75 Å². The normalized spacial score (nSPS) is 12.0. The van der Waals surface area contributed by atoms with E-state index >= 15 is 0 Å². The highest BCUT2D eigenvalue weighted by Crippen LogP contribution is 2.27. The summed E-state index contributed by atoms with van der Waals surface area (Å²) in [6.07, 6.45) is 0. The van der Waals surface area contributed by atoms with E-state index < -0.39 is 0 Å². The number of anilines is 1. The van der Waals surface area contributed by atoms with E-state index in [9.17, 15) is 4.79 Å². The number of hydrogen-bond acceptors (Lipinski definition) is 2. The number of carbonyl (C=O) groups is 1. The summed E-state index contributed by atoms with van der Waals surface area (Å²) >= 11 is 6.01. The lowest BCUT2D eigenvalue weighted by molar-refractivity contribution is -0.682. The van der Waals surface area contributed by atoms with Gasteiger partial charge in [0.25, 0.3) is 5.91 Å². The number of hydrogen-bond donors (Lipinski definition) is 2. The van der Waals surface area contributed by atoms with Crippen molar-refractivity contribution < 1.29 is 14.8 Å². The molecule has 0 aliphatic rings. The largest absolute Gasteiger partial charge is 0.495 e. The number of halogens is 1. The lowest BCUT2D eigenvalue weighted by Gasteiger charge is -2.14. The van der Waals surface area contributed by atoms with E-state index in [0.717, 1.165) is 0 Å². The second-order valence-electron chi connectivity index (χ2n) is 6.19. The number of nitrogens with one attached hydrogen (secondary N) is 1. The minimum absolute atomic E-state index is 0.0994. The van der Waals surface area contributed by atoms with Gasteiger partial charge in [0.15, 0.2) is 6.54 Å². The molecule has 3 rings (SSSR count). The van der Waals surface area contributed by atoms with Gasteiger partial charge < -0.3 is 15.4 Å². The van der Waals surface area contributed by atoms with Gasteiger partial charge >= 0.3 is 0 Å². The molecule has 0 aliphatic carbocycles. The number of ether oxygens (including phenoxy) is 1. The first-order valence-electron chi connectivity index (χ1n) is 8.53. The third-order valence-corrected chi connectivity index (χ3v) is 4.64. The predicted molar refractivity (Wildman–Crippen MR) is 106 cm³/mol. The van der Waals surface area contributed by atoms with E-state index in [1.165, 1.54) is 16.3 Å². The van der Waals surface area contributed by atoms with Crippen molar-refractivity contribution in [3.05, 3.63) is 71.2 Å². The molecular formula is C21H22ClN2O2+. The molecule has 0 aromatic heterocycles. The number of carbonyl (C=O) groups excluding carboxylic acids is 1. The Hall–Kier alpha value is -2.56. The Balaban J connectivity index is 1.67. The van der Waals surface area contributed by atoms with E-state index in [1.807, 2.05) is 17.4 Å². The minimum atomic E-state index is -0.0994. The van der Waals surface area contributed by atoms with Gasteiger partial charge in [-0.3, -0.25) is 4.79 Å². The molecule has 0 saturated heterocycles. The quantitative estimate of drug-likeness (QED) is 0.695. The van der Waals surface area contributed by atoms with Crippen LogP contribution in [0, 0.1) is 0 Å². The molecule has 0 heterocycles. The number of fused-ring (bicyclic) bond motifs is 1. The molecule has 26 heavy (non-hydrogen) atoms. The Morgan fingerprint density at radius 2 is 1.92 bits per heavy atom. The number of methoxy groups -OCH3 is 1. The van der Waals surface area contributed by atoms with Gasteiger partial charge in [0.1, 0.15) is 11.8 Å². The van der Waals surface area contributed by atoms with Crippen LogP contribution < -0.4 is 15.4 Å². The highest BCUT2D eigenvalue weighted by molar-refractivity contribution is 6.31. The van der Waals surface area contributed by atoms with Gasteiger partial charge in [0, 0.05) is 10.6 Å². The Morgan fingerprint density at radius 3 is 2.73 bits per heavy atom. The van der Waals surface area contributed by atoms with E-state index in [1.54, 1.807) is 25.3 Å². The van der Waals surface area contributed by atoms with Crippen molar-refractivity contribution in [2.45, 2.75) is 13.0 Å². The standard InChI is InChI=1S/C21H21ClN2O2/c1-14(17-9-5-7-15-6-3-4-8-18(15)17)23-13-21(25)24-19-12-16(22)10-11-20(19)26-2/h3-12,14,23H,13H2,1-2H3,(H,24,25)/p+1/t14-/m1/s1. The van der Waals surface area contributed by atoms with Gasteiger partial charge in [-0.2, -0.15) is 0 Å². The van der Waals surface area contributed by atoms with Crippen LogP contribution in [0.15, 0.2) is 60.7 Å². The summed E-state index contributed by atoms with van der Waals surface area (Å²) in [7, 11) is 1.56. The summed E-state index contributed by atoms with van der Waals surface area (Å²) in [5.74, 6) is 0.488. The van der Waals surface area contributed by atoms with Gasteiger partial charge in [0.05, 0.1) is 12.8 Å². The fourth-order valence-corrected chi connectivity index (χ4v) is 3.21. The third kappa shape index (κ3) is 4.15. The monoisotopic (exact) mass is 369 g/mol. The molecule has 134 valence electrons.